The van der Waals surface area contributed by atoms with Crippen molar-refractivity contribution in [3.05, 3.63) is 35.4 Å². The van der Waals surface area contributed by atoms with Gasteiger partial charge in [0.2, 0.25) is 5.91 Å². The van der Waals surface area contributed by atoms with E-state index in [4.69, 9.17) is 0 Å². The highest BCUT2D eigenvalue weighted by Gasteiger charge is 2.18. The van der Waals surface area contributed by atoms with Crippen molar-refractivity contribution in [3.8, 4) is 0 Å². The minimum absolute atomic E-state index is 0. The second-order valence-electron chi connectivity index (χ2n) is 4.89. The number of rotatable bonds is 4. The highest BCUT2D eigenvalue weighted by Crippen LogP contribution is 2.16. The number of carbonyl (C=O) groups excluding carboxylic acids is 1. The maximum atomic E-state index is 13.1. The minimum atomic E-state index is -0.894. The molecule has 1 fully saturated rings. The predicted molar refractivity (Wildman–Crippen MR) is 83.9 cm³/mol. The number of amides is 1. The van der Waals surface area contributed by atoms with Crippen LogP contribution in [0.2, 0.25) is 0 Å². The van der Waals surface area contributed by atoms with Crippen molar-refractivity contribution in [2.75, 3.05) is 18.1 Å². The Kier molecular flexibility index (Phi) is 7.42. The fourth-order valence-corrected chi connectivity index (χ4v) is 3.09. The molecule has 2 rings (SSSR count). The van der Waals surface area contributed by atoms with Crippen LogP contribution in [0.4, 0.5) is 8.78 Å². The molecule has 1 saturated heterocycles. The summed E-state index contributed by atoms with van der Waals surface area (Å²) >= 11 is 1.83. The van der Waals surface area contributed by atoms with Crippen LogP contribution in [0.25, 0.3) is 0 Å². The molecule has 3 nitrogen and oxygen atoms in total. The summed E-state index contributed by atoms with van der Waals surface area (Å²) in [6.45, 7) is 2.68. The molecule has 21 heavy (non-hydrogen) atoms. The van der Waals surface area contributed by atoms with Gasteiger partial charge in [-0.15, -0.1) is 12.4 Å². The summed E-state index contributed by atoms with van der Waals surface area (Å²) in [5.41, 5.74) is 0.559. The van der Waals surface area contributed by atoms with Crippen molar-refractivity contribution in [2.24, 2.45) is 0 Å². The van der Waals surface area contributed by atoms with Crippen LogP contribution in [0.1, 0.15) is 24.9 Å². The largest absolute Gasteiger partial charge is 0.350 e. The Morgan fingerprint density at radius 2 is 2.24 bits per heavy atom. The number of hydrogen-bond acceptors (Lipinski definition) is 3. The van der Waals surface area contributed by atoms with Gasteiger partial charge in [-0.3, -0.25) is 4.79 Å². The van der Waals surface area contributed by atoms with Gasteiger partial charge in [0.25, 0.3) is 0 Å². The van der Waals surface area contributed by atoms with Crippen molar-refractivity contribution in [1.29, 1.82) is 0 Å². The van der Waals surface area contributed by atoms with E-state index in [2.05, 4.69) is 10.6 Å². The molecular weight excluding hydrogens is 318 g/mol. The lowest BCUT2D eigenvalue weighted by molar-refractivity contribution is -0.122. The molecule has 0 radical (unpaired) electrons. The van der Waals surface area contributed by atoms with Gasteiger partial charge < -0.3 is 10.6 Å². The van der Waals surface area contributed by atoms with Crippen molar-refractivity contribution < 1.29 is 13.6 Å². The fourth-order valence-electron chi connectivity index (χ4n) is 2.14. The third-order valence-electron chi connectivity index (χ3n) is 3.25. The quantitative estimate of drug-likeness (QED) is 0.888. The molecule has 1 aromatic rings. The Morgan fingerprint density at radius 3 is 2.86 bits per heavy atom. The Labute approximate surface area is 133 Å². The zero-order chi connectivity index (χ0) is 14.5. The van der Waals surface area contributed by atoms with Gasteiger partial charge >= 0.3 is 0 Å². The maximum absolute atomic E-state index is 13.1. The Hall–Kier alpha value is -0.850. The van der Waals surface area contributed by atoms with Crippen LogP contribution >= 0.6 is 24.2 Å². The van der Waals surface area contributed by atoms with Crippen molar-refractivity contribution >= 4 is 30.1 Å². The van der Waals surface area contributed by atoms with E-state index in [0.717, 1.165) is 30.2 Å². The van der Waals surface area contributed by atoms with Gasteiger partial charge in [0.15, 0.2) is 11.6 Å². The second-order valence-corrected chi connectivity index (χ2v) is 6.04. The van der Waals surface area contributed by atoms with Gasteiger partial charge in [-0.25, -0.2) is 8.78 Å². The molecule has 0 spiro atoms. The zero-order valence-corrected chi connectivity index (χ0v) is 13.3. The molecule has 1 aliphatic heterocycles. The molecule has 1 amide bonds. The number of thioether (sulfide) groups is 1. The van der Waals surface area contributed by atoms with E-state index in [1.165, 1.54) is 6.07 Å². The van der Waals surface area contributed by atoms with Crippen LogP contribution in [-0.2, 0) is 4.79 Å². The molecule has 118 valence electrons. The molecule has 0 saturated carbocycles. The first-order chi connectivity index (χ1) is 9.56. The lowest BCUT2D eigenvalue weighted by Crippen LogP contribution is -2.41. The molecule has 1 aliphatic rings. The molecule has 2 N–H and O–H groups in total. The van der Waals surface area contributed by atoms with Crippen LogP contribution in [0.3, 0.4) is 0 Å². The molecule has 0 aromatic heterocycles. The standard InChI is InChI=1S/C14H18F2N2OS.ClH/c1-9(10-2-3-12(15)13(16)6-10)18-14(19)7-11-8-20-5-4-17-11;/h2-3,6,9,11,17H,4-5,7-8H2,1H3,(H,18,19);1H. The van der Waals surface area contributed by atoms with E-state index in [9.17, 15) is 13.6 Å². The number of hydrogen-bond donors (Lipinski definition) is 2. The highest BCUT2D eigenvalue weighted by molar-refractivity contribution is 7.99. The van der Waals surface area contributed by atoms with E-state index < -0.39 is 11.6 Å². The van der Waals surface area contributed by atoms with Crippen molar-refractivity contribution in [3.63, 3.8) is 0 Å². The SMILES string of the molecule is CC(NC(=O)CC1CSCCN1)c1ccc(F)c(F)c1.Cl. The first kappa shape index (κ1) is 18.2. The summed E-state index contributed by atoms with van der Waals surface area (Å²) in [6, 6.07) is 3.53. The molecule has 0 bridgehead atoms. The number of nitrogens with one attached hydrogen (secondary N) is 2. The fraction of sp³-hybridized carbons (Fsp3) is 0.500. The monoisotopic (exact) mass is 336 g/mol. The molecule has 1 aromatic carbocycles. The lowest BCUT2D eigenvalue weighted by Gasteiger charge is -2.23. The molecule has 7 heteroatoms. The van der Waals surface area contributed by atoms with Crippen molar-refractivity contribution in [2.45, 2.75) is 25.4 Å². The van der Waals surface area contributed by atoms with Crippen LogP contribution in [0, 0.1) is 11.6 Å². The van der Waals surface area contributed by atoms with Crippen LogP contribution in [0.15, 0.2) is 18.2 Å². The molecule has 1 heterocycles. The summed E-state index contributed by atoms with van der Waals surface area (Å²) in [6.07, 6.45) is 0.404. The summed E-state index contributed by atoms with van der Waals surface area (Å²) in [5.74, 6) is 0.142. The average molecular weight is 337 g/mol. The maximum Gasteiger partial charge on any atom is 0.222 e. The van der Waals surface area contributed by atoms with E-state index in [0.29, 0.717) is 12.0 Å². The lowest BCUT2D eigenvalue weighted by atomic mass is 10.1. The van der Waals surface area contributed by atoms with Crippen LogP contribution in [-0.4, -0.2) is 30.0 Å². The van der Waals surface area contributed by atoms with Gasteiger partial charge in [0.05, 0.1) is 6.04 Å². The average Bonchev–Trinajstić information content (AvgIpc) is 2.42. The highest BCUT2D eigenvalue weighted by atomic mass is 35.5. The predicted octanol–water partition coefficient (Wildman–Crippen LogP) is 2.66. The minimum Gasteiger partial charge on any atom is -0.350 e. The van der Waals surface area contributed by atoms with Gasteiger partial charge in [-0.05, 0) is 24.6 Å². The van der Waals surface area contributed by atoms with Gasteiger partial charge in [0, 0.05) is 30.5 Å². The zero-order valence-electron chi connectivity index (χ0n) is 11.7. The number of benzene rings is 1. The smallest absolute Gasteiger partial charge is 0.222 e. The van der Waals surface area contributed by atoms with Gasteiger partial charge in [0.1, 0.15) is 0 Å². The summed E-state index contributed by atoms with van der Waals surface area (Å²) < 4.78 is 26.0. The number of halogens is 3. The third-order valence-corrected chi connectivity index (χ3v) is 4.38. The molecular formula is C14H19ClF2N2OS. The third kappa shape index (κ3) is 5.45. The van der Waals surface area contributed by atoms with E-state index >= 15 is 0 Å². The van der Waals surface area contributed by atoms with Gasteiger partial charge in [-0.2, -0.15) is 11.8 Å². The summed E-state index contributed by atoms with van der Waals surface area (Å²) in [5, 5.41) is 6.10. The van der Waals surface area contributed by atoms with E-state index in [1.54, 1.807) is 6.92 Å². The molecule has 0 aliphatic carbocycles. The summed E-state index contributed by atoms with van der Waals surface area (Å²) in [7, 11) is 0. The van der Waals surface area contributed by atoms with E-state index in [1.807, 2.05) is 11.8 Å². The topological polar surface area (TPSA) is 41.1 Å². The van der Waals surface area contributed by atoms with Crippen molar-refractivity contribution in [1.82, 2.24) is 10.6 Å². The normalized spacial score (nSPS) is 19.5. The first-order valence-electron chi connectivity index (χ1n) is 6.61. The molecule has 2 unspecified atom stereocenters. The summed E-state index contributed by atoms with van der Waals surface area (Å²) in [4.78, 5) is 11.9. The Balaban J connectivity index is 0.00000220. The first-order valence-corrected chi connectivity index (χ1v) is 7.77. The van der Waals surface area contributed by atoms with Gasteiger partial charge in [-0.1, -0.05) is 6.07 Å². The molecule has 2 atom stereocenters. The van der Waals surface area contributed by atoms with Crippen LogP contribution in [0.5, 0.6) is 0 Å². The van der Waals surface area contributed by atoms with Crippen LogP contribution < -0.4 is 10.6 Å². The Morgan fingerprint density at radius 1 is 1.48 bits per heavy atom. The van der Waals surface area contributed by atoms with E-state index in [-0.39, 0.29) is 30.4 Å². The second kappa shape index (κ2) is 8.56. The Bertz CT molecular complexity index is 484. The number of carbonyl (C=O) groups is 1.